The number of benzene rings is 1. The van der Waals surface area contributed by atoms with Crippen molar-refractivity contribution in [2.75, 3.05) is 6.54 Å². The molecule has 6 heteroatoms. The van der Waals surface area contributed by atoms with E-state index in [1.807, 2.05) is 45.0 Å². The molecule has 1 aromatic carbocycles. The van der Waals surface area contributed by atoms with Gasteiger partial charge in [-0.3, -0.25) is 4.99 Å². The molecule has 20 heavy (non-hydrogen) atoms. The number of nitrogens with two attached hydrogens (primary N) is 1. The van der Waals surface area contributed by atoms with Crippen LogP contribution in [0, 0.1) is 3.57 Å². The molecule has 0 bridgehead atoms. The maximum atomic E-state index is 12.3. The molecule has 2 rings (SSSR count). The van der Waals surface area contributed by atoms with Crippen molar-refractivity contribution in [2.45, 2.75) is 32.4 Å². The van der Waals surface area contributed by atoms with Gasteiger partial charge in [-0.1, -0.05) is 18.2 Å². The number of carbonyl (C=O) groups excluding carboxylic acids is 1. The van der Waals surface area contributed by atoms with E-state index in [0.29, 0.717) is 6.54 Å². The predicted octanol–water partition coefficient (Wildman–Crippen LogP) is 2.90. The molecule has 1 aliphatic heterocycles. The molecular weight excluding hydrogens is 369 g/mol. The number of amides is 1. The van der Waals surface area contributed by atoms with Gasteiger partial charge in [-0.15, -0.1) is 0 Å². The van der Waals surface area contributed by atoms with Crippen molar-refractivity contribution in [1.29, 1.82) is 0 Å². The van der Waals surface area contributed by atoms with Crippen molar-refractivity contribution in [3.05, 3.63) is 33.4 Å². The molecule has 108 valence electrons. The lowest BCUT2D eigenvalue weighted by molar-refractivity contribution is 0.0329. The van der Waals surface area contributed by atoms with E-state index in [4.69, 9.17) is 10.5 Å². The van der Waals surface area contributed by atoms with Crippen LogP contribution in [-0.4, -0.2) is 29.1 Å². The molecule has 0 aromatic heterocycles. The van der Waals surface area contributed by atoms with Crippen LogP contribution in [0.3, 0.4) is 0 Å². The zero-order valence-electron chi connectivity index (χ0n) is 11.8. The Morgan fingerprint density at radius 3 is 2.70 bits per heavy atom. The van der Waals surface area contributed by atoms with Gasteiger partial charge in [0, 0.05) is 3.57 Å². The Bertz CT molecular complexity index is 552. The number of carbonyl (C=O) groups is 1. The summed E-state index contributed by atoms with van der Waals surface area (Å²) in [7, 11) is 0. The molecule has 0 radical (unpaired) electrons. The second-order valence-corrected chi connectivity index (χ2v) is 6.75. The third-order valence-corrected chi connectivity index (χ3v) is 3.82. The number of rotatable bonds is 1. The minimum atomic E-state index is -0.561. The van der Waals surface area contributed by atoms with Crippen LogP contribution in [0.15, 0.2) is 29.3 Å². The third kappa shape index (κ3) is 3.23. The Morgan fingerprint density at radius 1 is 1.45 bits per heavy atom. The monoisotopic (exact) mass is 387 g/mol. The van der Waals surface area contributed by atoms with Crippen LogP contribution >= 0.6 is 22.6 Å². The van der Waals surface area contributed by atoms with Gasteiger partial charge in [-0.2, -0.15) is 0 Å². The molecule has 0 saturated carbocycles. The second-order valence-electron chi connectivity index (χ2n) is 5.59. The van der Waals surface area contributed by atoms with Gasteiger partial charge in [0.15, 0.2) is 0 Å². The van der Waals surface area contributed by atoms with E-state index in [-0.39, 0.29) is 12.0 Å². The van der Waals surface area contributed by atoms with Crippen LogP contribution in [0.5, 0.6) is 0 Å². The van der Waals surface area contributed by atoms with E-state index < -0.39 is 11.7 Å². The highest BCUT2D eigenvalue weighted by atomic mass is 127. The summed E-state index contributed by atoms with van der Waals surface area (Å²) in [4.78, 5) is 17.9. The van der Waals surface area contributed by atoms with Gasteiger partial charge in [0.1, 0.15) is 5.60 Å². The molecule has 1 unspecified atom stereocenters. The summed E-state index contributed by atoms with van der Waals surface area (Å²) in [6, 6.07) is 7.69. The van der Waals surface area contributed by atoms with E-state index in [2.05, 4.69) is 27.6 Å². The smallest absolute Gasteiger partial charge is 0.417 e. The van der Waals surface area contributed by atoms with E-state index in [1.54, 1.807) is 0 Å². The first kappa shape index (κ1) is 15.1. The van der Waals surface area contributed by atoms with Gasteiger partial charge in [-0.05, 0) is 55.0 Å². The van der Waals surface area contributed by atoms with Crippen LogP contribution in [0.1, 0.15) is 32.4 Å². The van der Waals surface area contributed by atoms with Gasteiger partial charge in [-0.25, -0.2) is 9.69 Å². The molecule has 1 aliphatic rings. The van der Waals surface area contributed by atoms with Crippen LogP contribution in [0.2, 0.25) is 0 Å². The molecule has 1 atom stereocenters. The Morgan fingerprint density at radius 2 is 2.10 bits per heavy atom. The Labute approximate surface area is 132 Å². The molecule has 5 nitrogen and oxygen atoms in total. The van der Waals surface area contributed by atoms with Crippen LogP contribution in [0.25, 0.3) is 0 Å². The van der Waals surface area contributed by atoms with Gasteiger partial charge >= 0.3 is 6.09 Å². The fraction of sp³-hybridized carbons (Fsp3) is 0.429. The Balaban J connectivity index is 2.27. The topological polar surface area (TPSA) is 67.9 Å². The van der Waals surface area contributed by atoms with E-state index >= 15 is 0 Å². The fourth-order valence-electron chi connectivity index (χ4n) is 2.01. The largest absolute Gasteiger partial charge is 0.443 e. The number of hydrogen-bond donors (Lipinski definition) is 1. The zero-order valence-corrected chi connectivity index (χ0v) is 13.9. The van der Waals surface area contributed by atoms with Gasteiger partial charge in [0.25, 0.3) is 0 Å². The average Bonchev–Trinajstić information content (AvgIpc) is 2.69. The Kier molecular flexibility index (Phi) is 4.22. The highest BCUT2D eigenvalue weighted by Gasteiger charge is 2.36. The first-order valence-electron chi connectivity index (χ1n) is 6.36. The number of halogens is 1. The minimum Gasteiger partial charge on any atom is -0.443 e. The van der Waals surface area contributed by atoms with Gasteiger partial charge in [0.2, 0.25) is 5.96 Å². The summed E-state index contributed by atoms with van der Waals surface area (Å²) in [5, 5.41) is 0. The number of nitrogens with zero attached hydrogens (tertiary/aromatic N) is 2. The number of hydrogen-bond acceptors (Lipinski definition) is 4. The van der Waals surface area contributed by atoms with Crippen LogP contribution in [-0.2, 0) is 4.74 Å². The quantitative estimate of drug-likeness (QED) is 0.754. The van der Waals surface area contributed by atoms with E-state index in [0.717, 1.165) is 9.13 Å². The maximum absolute atomic E-state index is 12.3. The average molecular weight is 387 g/mol. The molecule has 0 fully saturated rings. The second kappa shape index (κ2) is 5.59. The molecular formula is C14H18IN3O2. The standard InChI is InChI=1S/C14H18IN3O2/c1-14(2,3)20-13(19)18-11(8-17-12(18)16)9-6-4-5-7-10(9)15/h4-7,11H,8H2,1-3H3,(H2,16,17). The normalized spacial score (nSPS) is 18.9. The molecule has 1 heterocycles. The first-order valence-corrected chi connectivity index (χ1v) is 7.44. The molecule has 0 aliphatic carbocycles. The molecule has 0 saturated heterocycles. The highest BCUT2D eigenvalue weighted by Crippen LogP contribution is 2.30. The lowest BCUT2D eigenvalue weighted by Crippen LogP contribution is -2.44. The summed E-state index contributed by atoms with van der Waals surface area (Å²) in [5.74, 6) is 0.212. The molecule has 0 spiro atoms. The molecule has 2 N–H and O–H groups in total. The highest BCUT2D eigenvalue weighted by molar-refractivity contribution is 14.1. The Hall–Kier alpha value is -1.31. The molecule has 1 aromatic rings. The summed E-state index contributed by atoms with van der Waals surface area (Å²) >= 11 is 2.25. The van der Waals surface area contributed by atoms with Crippen molar-refractivity contribution >= 4 is 34.6 Å². The van der Waals surface area contributed by atoms with Crippen molar-refractivity contribution < 1.29 is 9.53 Å². The van der Waals surface area contributed by atoms with Crippen molar-refractivity contribution in [1.82, 2.24) is 4.90 Å². The lowest BCUT2D eigenvalue weighted by Gasteiger charge is -2.28. The SMILES string of the molecule is CC(C)(C)OC(=O)N1C(N)=NCC1c1ccccc1I. The summed E-state index contributed by atoms with van der Waals surface area (Å²) < 4.78 is 6.48. The fourth-order valence-corrected chi connectivity index (χ4v) is 2.76. The maximum Gasteiger partial charge on any atom is 0.417 e. The van der Waals surface area contributed by atoms with Crippen LogP contribution in [0.4, 0.5) is 4.79 Å². The number of ether oxygens (including phenoxy) is 1. The first-order chi connectivity index (χ1) is 9.29. The number of aliphatic imine (C=N–C) groups is 1. The van der Waals surface area contributed by atoms with Gasteiger partial charge in [0.05, 0.1) is 12.6 Å². The van der Waals surface area contributed by atoms with E-state index in [9.17, 15) is 4.79 Å². The summed E-state index contributed by atoms with van der Waals surface area (Å²) in [6.45, 7) is 5.95. The summed E-state index contributed by atoms with van der Waals surface area (Å²) in [5.41, 5.74) is 6.32. The number of guanidine groups is 1. The van der Waals surface area contributed by atoms with Crippen LogP contribution < -0.4 is 5.73 Å². The molecule has 1 amide bonds. The van der Waals surface area contributed by atoms with Crippen molar-refractivity contribution in [3.8, 4) is 0 Å². The van der Waals surface area contributed by atoms with Crippen molar-refractivity contribution in [3.63, 3.8) is 0 Å². The van der Waals surface area contributed by atoms with Gasteiger partial charge < -0.3 is 10.5 Å². The predicted molar refractivity (Wildman–Crippen MR) is 86.5 cm³/mol. The zero-order chi connectivity index (χ0) is 14.9. The van der Waals surface area contributed by atoms with E-state index in [1.165, 1.54) is 4.90 Å². The third-order valence-electron chi connectivity index (χ3n) is 2.84. The minimum absolute atomic E-state index is 0.196. The summed E-state index contributed by atoms with van der Waals surface area (Å²) in [6.07, 6.45) is -0.457. The lowest BCUT2D eigenvalue weighted by atomic mass is 10.1. The van der Waals surface area contributed by atoms with Crippen molar-refractivity contribution in [2.24, 2.45) is 10.7 Å².